The van der Waals surface area contributed by atoms with Crippen molar-refractivity contribution in [3.63, 3.8) is 0 Å². The SMILES string of the molecule is CCC(C)CC/C=C\CC(C)C. The molecule has 0 heterocycles. The van der Waals surface area contributed by atoms with Gasteiger partial charge < -0.3 is 0 Å². The van der Waals surface area contributed by atoms with Gasteiger partial charge in [-0.2, -0.15) is 0 Å². The molecule has 0 rings (SSSR count). The van der Waals surface area contributed by atoms with Crippen molar-refractivity contribution in [1.29, 1.82) is 0 Å². The Morgan fingerprint density at radius 2 is 1.75 bits per heavy atom. The molecule has 0 aliphatic heterocycles. The zero-order valence-corrected chi connectivity index (χ0v) is 9.14. The Kier molecular flexibility index (Phi) is 7.23. The summed E-state index contributed by atoms with van der Waals surface area (Å²) < 4.78 is 0. The van der Waals surface area contributed by atoms with Gasteiger partial charge in [0.05, 0.1) is 0 Å². The fraction of sp³-hybridized carbons (Fsp3) is 0.833. The van der Waals surface area contributed by atoms with Crippen molar-refractivity contribution in [1.82, 2.24) is 0 Å². The molecule has 0 aliphatic carbocycles. The Balaban J connectivity index is 3.24. The number of allylic oxidation sites excluding steroid dienone is 2. The van der Waals surface area contributed by atoms with Gasteiger partial charge in [0.15, 0.2) is 0 Å². The lowest BCUT2D eigenvalue weighted by atomic mass is 10.0. The van der Waals surface area contributed by atoms with Crippen molar-refractivity contribution >= 4 is 0 Å². The van der Waals surface area contributed by atoms with Crippen LogP contribution >= 0.6 is 0 Å². The molecule has 1 unspecified atom stereocenters. The largest absolute Gasteiger partial charge is 0.0885 e. The van der Waals surface area contributed by atoms with E-state index in [2.05, 4.69) is 39.8 Å². The van der Waals surface area contributed by atoms with E-state index in [1.807, 2.05) is 0 Å². The molecule has 0 saturated carbocycles. The molecule has 0 N–H and O–H groups in total. The Morgan fingerprint density at radius 1 is 1.08 bits per heavy atom. The molecular weight excluding hydrogens is 144 g/mol. The summed E-state index contributed by atoms with van der Waals surface area (Å²) in [6.07, 6.45) is 9.84. The number of rotatable bonds is 6. The first-order valence-electron chi connectivity index (χ1n) is 5.31. The molecule has 0 radical (unpaired) electrons. The summed E-state index contributed by atoms with van der Waals surface area (Å²) in [5.74, 6) is 1.71. The smallest absolute Gasteiger partial charge is 0.0327 e. The lowest BCUT2D eigenvalue weighted by Gasteiger charge is -2.04. The van der Waals surface area contributed by atoms with E-state index >= 15 is 0 Å². The maximum Gasteiger partial charge on any atom is -0.0327 e. The predicted molar refractivity (Wildman–Crippen MR) is 57.3 cm³/mol. The number of hydrogen-bond acceptors (Lipinski definition) is 0. The van der Waals surface area contributed by atoms with Gasteiger partial charge in [0.1, 0.15) is 0 Å². The maximum atomic E-state index is 2.34. The first-order valence-corrected chi connectivity index (χ1v) is 5.31. The highest BCUT2D eigenvalue weighted by molar-refractivity contribution is 4.82. The normalized spacial score (nSPS) is 14.4. The standard InChI is InChI=1S/C12H24/c1-5-12(4)10-8-6-7-9-11(2)3/h6-7,11-12H,5,8-10H2,1-4H3/b7-6-. The molecule has 1 atom stereocenters. The van der Waals surface area contributed by atoms with Crippen molar-refractivity contribution in [3.05, 3.63) is 12.2 Å². The molecule has 72 valence electrons. The fourth-order valence-corrected chi connectivity index (χ4v) is 1.07. The quantitative estimate of drug-likeness (QED) is 0.515. The highest BCUT2D eigenvalue weighted by Crippen LogP contribution is 2.10. The molecule has 0 aliphatic rings. The van der Waals surface area contributed by atoms with Crippen LogP contribution in [-0.4, -0.2) is 0 Å². The van der Waals surface area contributed by atoms with E-state index < -0.39 is 0 Å². The van der Waals surface area contributed by atoms with E-state index in [1.54, 1.807) is 0 Å². The van der Waals surface area contributed by atoms with Gasteiger partial charge in [-0.15, -0.1) is 0 Å². The van der Waals surface area contributed by atoms with E-state index in [4.69, 9.17) is 0 Å². The molecule has 0 aromatic heterocycles. The Bertz CT molecular complexity index is 111. The van der Waals surface area contributed by atoms with Gasteiger partial charge >= 0.3 is 0 Å². The highest BCUT2D eigenvalue weighted by atomic mass is 14.0. The second-order valence-corrected chi connectivity index (χ2v) is 4.19. The lowest BCUT2D eigenvalue weighted by molar-refractivity contribution is 0.521. The summed E-state index contributed by atoms with van der Waals surface area (Å²) in [6.45, 7) is 9.12. The topological polar surface area (TPSA) is 0 Å². The van der Waals surface area contributed by atoms with Crippen LogP contribution in [0.2, 0.25) is 0 Å². The summed E-state index contributed by atoms with van der Waals surface area (Å²) in [6, 6.07) is 0. The Hall–Kier alpha value is -0.260. The zero-order chi connectivity index (χ0) is 9.40. The first kappa shape index (κ1) is 11.7. The van der Waals surface area contributed by atoms with Crippen molar-refractivity contribution in [2.24, 2.45) is 11.8 Å². The molecule has 0 fully saturated rings. The first-order chi connectivity index (χ1) is 5.66. The van der Waals surface area contributed by atoms with Crippen molar-refractivity contribution in [3.8, 4) is 0 Å². The minimum atomic E-state index is 0.810. The lowest BCUT2D eigenvalue weighted by Crippen LogP contribution is -1.89. The van der Waals surface area contributed by atoms with E-state index in [0.717, 1.165) is 11.8 Å². The van der Waals surface area contributed by atoms with Crippen LogP contribution < -0.4 is 0 Å². The molecule has 0 aromatic rings. The van der Waals surface area contributed by atoms with Crippen LogP contribution in [0, 0.1) is 11.8 Å². The monoisotopic (exact) mass is 168 g/mol. The predicted octanol–water partition coefficient (Wildman–Crippen LogP) is 4.42. The average molecular weight is 168 g/mol. The molecule has 0 amide bonds. The maximum absolute atomic E-state index is 2.34. The van der Waals surface area contributed by atoms with Crippen molar-refractivity contribution < 1.29 is 0 Å². The van der Waals surface area contributed by atoms with Gasteiger partial charge in [-0.05, 0) is 31.1 Å². The van der Waals surface area contributed by atoms with Gasteiger partial charge in [0, 0.05) is 0 Å². The molecule has 0 saturated heterocycles. The second-order valence-electron chi connectivity index (χ2n) is 4.19. The minimum absolute atomic E-state index is 0.810. The van der Waals surface area contributed by atoms with E-state index in [0.29, 0.717) is 0 Å². The minimum Gasteiger partial charge on any atom is -0.0885 e. The fourth-order valence-electron chi connectivity index (χ4n) is 1.07. The summed E-state index contributed by atoms with van der Waals surface area (Å²) in [5.41, 5.74) is 0. The van der Waals surface area contributed by atoms with Gasteiger partial charge in [-0.3, -0.25) is 0 Å². The third kappa shape index (κ3) is 7.84. The number of hydrogen-bond donors (Lipinski definition) is 0. The van der Waals surface area contributed by atoms with E-state index in [-0.39, 0.29) is 0 Å². The highest BCUT2D eigenvalue weighted by Gasteiger charge is 1.95. The van der Waals surface area contributed by atoms with Crippen LogP contribution in [0.4, 0.5) is 0 Å². The van der Waals surface area contributed by atoms with Crippen LogP contribution in [0.3, 0.4) is 0 Å². The molecule has 12 heavy (non-hydrogen) atoms. The van der Waals surface area contributed by atoms with Gasteiger partial charge in [0.2, 0.25) is 0 Å². The Morgan fingerprint density at radius 3 is 2.25 bits per heavy atom. The molecule has 0 heteroatoms. The molecular formula is C12H24. The summed E-state index contributed by atoms with van der Waals surface area (Å²) in [5, 5.41) is 0. The van der Waals surface area contributed by atoms with Crippen molar-refractivity contribution in [2.75, 3.05) is 0 Å². The third-order valence-electron chi connectivity index (χ3n) is 2.30. The molecule has 0 aromatic carbocycles. The summed E-state index contributed by atoms with van der Waals surface area (Å²) in [7, 11) is 0. The molecule has 0 spiro atoms. The molecule has 0 bridgehead atoms. The Labute approximate surface area is 78.1 Å². The van der Waals surface area contributed by atoms with Crippen LogP contribution in [0.15, 0.2) is 12.2 Å². The van der Waals surface area contributed by atoms with Crippen LogP contribution in [0.25, 0.3) is 0 Å². The van der Waals surface area contributed by atoms with Gasteiger partial charge in [0.25, 0.3) is 0 Å². The van der Waals surface area contributed by atoms with E-state index in [9.17, 15) is 0 Å². The van der Waals surface area contributed by atoms with E-state index in [1.165, 1.54) is 25.7 Å². The molecule has 0 nitrogen and oxygen atoms in total. The van der Waals surface area contributed by atoms with Crippen LogP contribution in [0.5, 0.6) is 0 Å². The van der Waals surface area contributed by atoms with Crippen molar-refractivity contribution in [2.45, 2.75) is 53.4 Å². The summed E-state index contributed by atoms with van der Waals surface area (Å²) >= 11 is 0. The zero-order valence-electron chi connectivity index (χ0n) is 9.14. The van der Waals surface area contributed by atoms with Crippen LogP contribution in [-0.2, 0) is 0 Å². The third-order valence-corrected chi connectivity index (χ3v) is 2.30. The van der Waals surface area contributed by atoms with Crippen LogP contribution in [0.1, 0.15) is 53.4 Å². The average Bonchev–Trinajstić information content (AvgIpc) is 2.03. The van der Waals surface area contributed by atoms with Gasteiger partial charge in [-0.25, -0.2) is 0 Å². The van der Waals surface area contributed by atoms with Gasteiger partial charge in [-0.1, -0.05) is 46.3 Å². The summed E-state index contributed by atoms with van der Waals surface area (Å²) in [4.78, 5) is 0. The second kappa shape index (κ2) is 7.39.